The van der Waals surface area contributed by atoms with E-state index in [1.165, 1.54) is 0 Å². The van der Waals surface area contributed by atoms with Crippen LogP contribution in [0.1, 0.15) is 67.3 Å². The lowest BCUT2D eigenvalue weighted by atomic mass is 9.98. The van der Waals surface area contributed by atoms with Gasteiger partial charge in [0.1, 0.15) is 25.1 Å². The Morgan fingerprint density at radius 1 is 0.980 bits per heavy atom. The highest BCUT2D eigenvalue weighted by atomic mass is 35.5. The van der Waals surface area contributed by atoms with Gasteiger partial charge in [-0.3, -0.25) is 4.79 Å². The first-order chi connectivity index (χ1) is 24.2. The van der Waals surface area contributed by atoms with Crippen molar-refractivity contribution in [2.45, 2.75) is 64.5 Å². The van der Waals surface area contributed by atoms with Crippen molar-refractivity contribution in [2.75, 3.05) is 19.8 Å². The van der Waals surface area contributed by atoms with E-state index in [1.807, 2.05) is 55.5 Å². The van der Waals surface area contributed by atoms with Crippen LogP contribution >= 0.6 is 11.6 Å². The van der Waals surface area contributed by atoms with Gasteiger partial charge in [0.25, 0.3) is 10.2 Å². The minimum absolute atomic E-state index is 0.00249. The lowest BCUT2D eigenvalue weighted by Gasteiger charge is -2.13. The molecule has 4 rings (SSSR count). The van der Waals surface area contributed by atoms with Gasteiger partial charge in [0.05, 0.1) is 13.0 Å². The third-order valence-corrected chi connectivity index (χ3v) is 7.66. The fourth-order valence-corrected chi connectivity index (χ4v) is 5.27. The highest BCUT2D eigenvalue weighted by molar-refractivity contribution is 6.32. The number of rotatable bonds is 21. The second-order valence-corrected chi connectivity index (χ2v) is 11.3. The molecule has 0 aliphatic rings. The summed E-state index contributed by atoms with van der Waals surface area (Å²) in [6.45, 7) is 1.45. The van der Waals surface area contributed by atoms with E-state index in [1.54, 1.807) is 4.57 Å². The number of aryl methyl sites for hydroxylation is 1. The van der Waals surface area contributed by atoms with E-state index in [0.29, 0.717) is 37.5 Å². The van der Waals surface area contributed by atoms with Crippen LogP contribution in [0.3, 0.4) is 0 Å². The Kier molecular flexibility index (Phi) is 14.0. The van der Waals surface area contributed by atoms with Crippen LogP contribution < -0.4 is 0 Å². The standard InChI is InChI=1S/C31H35ClN8O10/c1-2-3-11-26-33-29(32)28(31(42)48-18-16-27(41)47-17-7-6-8-23(50-40(45)46)20-49-39(43)44)38(26)19-21-12-14-22(15-13-21)24-9-4-5-10-25(24)30-34-36-37-35-30/h4-5,9-10,12-15,23H,2-3,6-8,11,16-20H2,1H3,(H,34,35,36,37)/t23-/m1/s1. The molecule has 2 aromatic heterocycles. The summed E-state index contributed by atoms with van der Waals surface area (Å²) in [4.78, 5) is 59.3. The summed E-state index contributed by atoms with van der Waals surface area (Å²) in [6.07, 6.45) is 1.64. The fourth-order valence-electron chi connectivity index (χ4n) is 5.00. The normalized spacial score (nSPS) is 11.5. The predicted molar refractivity (Wildman–Crippen MR) is 175 cm³/mol. The molecular formula is C31H35ClN8O10. The molecule has 0 saturated heterocycles. The molecule has 0 saturated carbocycles. The number of carbonyl (C=O) groups is 2. The zero-order valence-electron chi connectivity index (χ0n) is 27.1. The lowest BCUT2D eigenvalue weighted by molar-refractivity contribution is -0.790. The molecule has 0 aliphatic carbocycles. The lowest BCUT2D eigenvalue weighted by Crippen LogP contribution is -2.24. The van der Waals surface area contributed by atoms with E-state index in [4.69, 9.17) is 21.1 Å². The number of aromatic nitrogens is 6. The molecule has 18 nitrogen and oxygen atoms in total. The predicted octanol–water partition coefficient (Wildman–Crippen LogP) is 4.82. The smallest absolute Gasteiger partial charge is 0.358 e. The molecule has 2 heterocycles. The number of tetrazole rings is 1. The number of imidazole rings is 1. The number of esters is 2. The summed E-state index contributed by atoms with van der Waals surface area (Å²) in [5, 5.41) is 33.1. The van der Waals surface area contributed by atoms with Crippen molar-refractivity contribution >= 4 is 23.5 Å². The van der Waals surface area contributed by atoms with E-state index in [9.17, 15) is 29.8 Å². The second kappa shape index (κ2) is 18.8. The summed E-state index contributed by atoms with van der Waals surface area (Å²) >= 11 is 6.46. The van der Waals surface area contributed by atoms with Gasteiger partial charge in [0, 0.05) is 18.5 Å². The molecule has 1 atom stereocenters. The first kappa shape index (κ1) is 37.2. The van der Waals surface area contributed by atoms with Gasteiger partial charge in [-0.25, -0.2) is 9.78 Å². The molecule has 0 fully saturated rings. The van der Waals surface area contributed by atoms with Crippen LogP contribution in [0.2, 0.25) is 5.15 Å². The van der Waals surface area contributed by atoms with Gasteiger partial charge >= 0.3 is 11.9 Å². The summed E-state index contributed by atoms with van der Waals surface area (Å²) in [6, 6.07) is 15.5. The Hall–Kier alpha value is -5.65. The number of unbranched alkanes of at least 4 members (excludes halogenated alkanes) is 2. The summed E-state index contributed by atoms with van der Waals surface area (Å²) in [5.74, 6) is -0.259. The maximum atomic E-state index is 13.2. The average Bonchev–Trinajstić information content (AvgIpc) is 3.74. The minimum atomic E-state index is -1.14. The number of aromatic amines is 1. The molecule has 1 N–H and O–H groups in total. The van der Waals surface area contributed by atoms with Crippen molar-refractivity contribution in [2.24, 2.45) is 0 Å². The molecule has 2 aromatic carbocycles. The molecule has 0 spiro atoms. The quantitative estimate of drug-likeness (QED) is 0.0528. The van der Waals surface area contributed by atoms with Crippen molar-refractivity contribution in [3.8, 4) is 22.5 Å². The van der Waals surface area contributed by atoms with Crippen molar-refractivity contribution in [3.63, 3.8) is 0 Å². The van der Waals surface area contributed by atoms with Crippen LogP contribution in [0.15, 0.2) is 48.5 Å². The van der Waals surface area contributed by atoms with Gasteiger partial charge in [-0.05, 0) is 47.6 Å². The number of nitrogens with zero attached hydrogens (tertiary/aromatic N) is 7. The molecule has 0 amide bonds. The summed E-state index contributed by atoms with van der Waals surface area (Å²) < 4.78 is 12.3. The first-order valence-corrected chi connectivity index (χ1v) is 16.1. The molecule has 19 heteroatoms. The van der Waals surface area contributed by atoms with Crippen molar-refractivity contribution in [1.29, 1.82) is 0 Å². The SMILES string of the molecule is CCCCc1nc(Cl)c(C(=O)OCCC(=O)OCCCC[C@H](CO[N+](=O)[O-])O[N+](=O)[O-])n1Cc1ccc(-c2ccccc2-c2nn[nH]n2)cc1. The molecular weight excluding hydrogens is 680 g/mol. The van der Waals surface area contributed by atoms with Gasteiger partial charge in [-0.15, -0.1) is 30.4 Å². The van der Waals surface area contributed by atoms with Gasteiger partial charge < -0.3 is 23.7 Å². The van der Waals surface area contributed by atoms with Gasteiger partial charge in [-0.2, -0.15) is 5.21 Å². The second-order valence-electron chi connectivity index (χ2n) is 10.9. The number of ether oxygens (including phenoxy) is 2. The fraction of sp³-hybridized carbons (Fsp3) is 0.419. The van der Waals surface area contributed by atoms with Crippen molar-refractivity contribution < 1.29 is 38.9 Å². The zero-order chi connectivity index (χ0) is 35.9. The van der Waals surface area contributed by atoms with Gasteiger partial charge in [0.2, 0.25) is 5.82 Å². The number of hydrogen-bond donors (Lipinski definition) is 1. The summed E-state index contributed by atoms with van der Waals surface area (Å²) in [7, 11) is 0. The maximum Gasteiger partial charge on any atom is 0.358 e. The number of benzene rings is 2. The molecule has 4 aromatic rings. The third-order valence-electron chi connectivity index (χ3n) is 7.39. The first-order valence-electron chi connectivity index (χ1n) is 15.7. The molecule has 0 bridgehead atoms. The van der Waals surface area contributed by atoms with Crippen molar-refractivity contribution in [3.05, 3.63) is 91.0 Å². The number of halogens is 1. The Morgan fingerprint density at radius 3 is 2.42 bits per heavy atom. The van der Waals surface area contributed by atoms with Crippen LogP contribution in [0, 0.1) is 20.2 Å². The highest BCUT2D eigenvalue weighted by Gasteiger charge is 2.24. The number of H-pyrrole nitrogens is 1. The van der Waals surface area contributed by atoms with Gasteiger partial charge in [0.15, 0.2) is 10.8 Å². The molecule has 266 valence electrons. The highest BCUT2D eigenvalue weighted by Crippen LogP contribution is 2.30. The number of hydrogen-bond acceptors (Lipinski definition) is 14. The Balaban J connectivity index is 1.32. The largest absolute Gasteiger partial charge is 0.466 e. The van der Waals surface area contributed by atoms with Crippen LogP contribution in [-0.4, -0.2) is 78.2 Å². The average molecular weight is 715 g/mol. The monoisotopic (exact) mass is 714 g/mol. The minimum Gasteiger partial charge on any atom is -0.466 e. The zero-order valence-corrected chi connectivity index (χ0v) is 27.8. The molecule has 0 radical (unpaired) electrons. The van der Waals surface area contributed by atoms with Crippen LogP contribution in [-0.2, 0) is 36.9 Å². The summed E-state index contributed by atoms with van der Waals surface area (Å²) in [5.41, 5.74) is 3.64. The topological polar surface area (TPSA) is 230 Å². The Labute approximate surface area is 290 Å². The van der Waals surface area contributed by atoms with E-state index in [0.717, 1.165) is 35.1 Å². The Bertz CT molecular complexity index is 1730. The van der Waals surface area contributed by atoms with Crippen molar-refractivity contribution in [1.82, 2.24) is 30.2 Å². The maximum absolute atomic E-state index is 13.2. The molecule has 0 aliphatic heterocycles. The Morgan fingerprint density at radius 2 is 1.74 bits per heavy atom. The van der Waals surface area contributed by atoms with Crippen LogP contribution in [0.5, 0.6) is 0 Å². The number of carbonyl (C=O) groups excluding carboxylic acids is 2. The van der Waals surface area contributed by atoms with Crippen LogP contribution in [0.25, 0.3) is 22.5 Å². The van der Waals surface area contributed by atoms with Gasteiger partial charge in [-0.1, -0.05) is 73.5 Å². The van der Waals surface area contributed by atoms with E-state index in [-0.39, 0.29) is 36.9 Å². The molecule has 0 unspecified atom stereocenters. The number of nitrogens with one attached hydrogen (secondary N) is 1. The van der Waals surface area contributed by atoms with E-state index < -0.39 is 34.8 Å². The van der Waals surface area contributed by atoms with Crippen LogP contribution in [0.4, 0.5) is 0 Å². The third kappa shape index (κ3) is 10.9. The molecule has 50 heavy (non-hydrogen) atoms. The van der Waals surface area contributed by atoms with E-state index in [2.05, 4.69) is 35.3 Å². The van der Waals surface area contributed by atoms with E-state index >= 15 is 0 Å².